The molecular weight excluding hydrogens is 410 g/mol. The van der Waals surface area contributed by atoms with Crippen molar-refractivity contribution in [3.63, 3.8) is 0 Å². The third-order valence-electron chi connectivity index (χ3n) is 5.64. The highest BCUT2D eigenvalue weighted by Crippen LogP contribution is 2.27. The maximum Gasteiger partial charge on any atom is 0.270 e. The smallest absolute Gasteiger partial charge is 0.270 e. The number of carbonyl (C=O) groups excluding carboxylic acids is 2. The maximum atomic E-state index is 13.3. The first-order valence-electron chi connectivity index (χ1n) is 10.4. The summed E-state index contributed by atoms with van der Waals surface area (Å²) in [5.41, 5.74) is 4.69. The van der Waals surface area contributed by atoms with Crippen molar-refractivity contribution in [3.05, 3.63) is 64.7 Å². The van der Waals surface area contributed by atoms with E-state index < -0.39 is 11.8 Å². The minimum absolute atomic E-state index is 0.0710. The van der Waals surface area contributed by atoms with Crippen LogP contribution in [0.5, 0.6) is 0 Å². The van der Waals surface area contributed by atoms with Gasteiger partial charge in [0.15, 0.2) is 5.11 Å². The molecule has 0 unspecified atom stereocenters. The van der Waals surface area contributed by atoms with Crippen LogP contribution in [-0.4, -0.2) is 43.2 Å². The molecule has 0 spiro atoms. The number of ether oxygens (including phenoxy) is 1. The zero-order valence-corrected chi connectivity index (χ0v) is 18.5. The summed E-state index contributed by atoms with van der Waals surface area (Å²) in [7, 11) is 0. The number of benzene rings is 2. The van der Waals surface area contributed by atoms with Crippen LogP contribution in [-0.2, 0) is 20.7 Å². The molecule has 2 fully saturated rings. The number of hydrogen-bond donors (Lipinski definition) is 1. The van der Waals surface area contributed by atoms with Gasteiger partial charge in [-0.05, 0) is 66.5 Å². The molecule has 6 nitrogen and oxygen atoms in total. The molecule has 0 aromatic heterocycles. The molecule has 31 heavy (non-hydrogen) atoms. The van der Waals surface area contributed by atoms with E-state index in [0.29, 0.717) is 18.9 Å². The van der Waals surface area contributed by atoms with Crippen LogP contribution in [0.2, 0.25) is 0 Å². The van der Waals surface area contributed by atoms with Crippen LogP contribution >= 0.6 is 12.2 Å². The van der Waals surface area contributed by atoms with Crippen LogP contribution in [0, 0.1) is 6.92 Å². The summed E-state index contributed by atoms with van der Waals surface area (Å²) in [6.45, 7) is 7.14. The van der Waals surface area contributed by atoms with Crippen molar-refractivity contribution >= 4 is 46.6 Å². The van der Waals surface area contributed by atoms with Gasteiger partial charge < -0.3 is 9.64 Å². The Morgan fingerprint density at radius 1 is 1.13 bits per heavy atom. The van der Waals surface area contributed by atoms with Gasteiger partial charge in [0, 0.05) is 18.8 Å². The quantitative estimate of drug-likeness (QED) is 0.454. The first-order valence-corrected chi connectivity index (χ1v) is 10.8. The Kier molecular flexibility index (Phi) is 6.15. The second-order valence-corrected chi connectivity index (χ2v) is 7.97. The van der Waals surface area contributed by atoms with Crippen molar-refractivity contribution in [2.24, 2.45) is 0 Å². The topological polar surface area (TPSA) is 61.9 Å². The number of para-hydroxylation sites is 1. The fraction of sp³-hybridized carbons (Fsp3) is 0.292. The highest BCUT2D eigenvalue weighted by Gasteiger charge is 2.35. The van der Waals surface area contributed by atoms with E-state index in [2.05, 4.69) is 16.3 Å². The molecular formula is C24H25N3O3S. The summed E-state index contributed by atoms with van der Waals surface area (Å²) >= 11 is 5.33. The first kappa shape index (κ1) is 21.2. The fourth-order valence-corrected chi connectivity index (χ4v) is 4.17. The molecule has 0 bridgehead atoms. The van der Waals surface area contributed by atoms with Crippen LogP contribution in [0.3, 0.4) is 0 Å². The van der Waals surface area contributed by atoms with Crippen LogP contribution in [0.15, 0.2) is 48.0 Å². The lowest BCUT2D eigenvalue weighted by Crippen LogP contribution is -2.54. The Bertz CT molecular complexity index is 1070. The number of anilines is 2. The number of hydrogen-bond acceptors (Lipinski definition) is 5. The van der Waals surface area contributed by atoms with Gasteiger partial charge >= 0.3 is 0 Å². The van der Waals surface area contributed by atoms with E-state index in [9.17, 15) is 9.59 Å². The third-order valence-corrected chi connectivity index (χ3v) is 5.93. The Morgan fingerprint density at radius 2 is 1.87 bits per heavy atom. The molecule has 2 aliphatic heterocycles. The van der Waals surface area contributed by atoms with Gasteiger partial charge in [-0.3, -0.25) is 19.8 Å². The molecule has 1 N–H and O–H groups in total. The minimum Gasteiger partial charge on any atom is -0.378 e. The lowest BCUT2D eigenvalue weighted by atomic mass is 10.0. The van der Waals surface area contributed by atoms with Crippen molar-refractivity contribution in [2.45, 2.75) is 20.3 Å². The van der Waals surface area contributed by atoms with Gasteiger partial charge in [0.25, 0.3) is 11.8 Å². The molecule has 2 saturated heterocycles. The predicted octanol–water partition coefficient (Wildman–Crippen LogP) is 3.23. The predicted molar refractivity (Wildman–Crippen MR) is 126 cm³/mol. The number of carbonyl (C=O) groups is 2. The van der Waals surface area contributed by atoms with Gasteiger partial charge in [0.05, 0.1) is 18.9 Å². The molecule has 160 valence electrons. The standard InChI is InChI=1S/C24H25N3O3S/c1-3-17-6-4-5-7-21(17)27-23(29)20(22(28)25-24(27)31)15-18-8-9-19(14-16(18)2)26-10-12-30-13-11-26/h4-9,14-15H,3,10-13H2,1-2H3,(H,25,28,31). The van der Waals surface area contributed by atoms with Crippen molar-refractivity contribution in [1.82, 2.24) is 5.32 Å². The molecule has 4 rings (SSSR count). The Hall–Kier alpha value is -3.03. The molecule has 2 aromatic carbocycles. The van der Waals surface area contributed by atoms with Gasteiger partial charge in [0.1, 0.15) is 5.57 Å². The average Bonchev–Trinajstić information content (AvgIpc) is 2.78. The van der Waals surface area contributed by atoms with Crippen molar-refractivity contribution in [3.8, 4) is 0 Å². The lowest BCUT2D eigenvalue weighted by molar-refractivity contribution is -0.122. The molecule has 0 atom stereocenters. The monoisotopic (exact) mass is 435 g/mol. The van der Waals surface area contributed by atoms with Crippen LogP contribution in [0.1, 0.15) is 23.6 Å². The molecule has 0 saturated carbocycles. The van der Waals surface area contributed by atoms with E-state index >= 15 is 0 Å². The Labute approximate surface area is 187 Å². The fourth-order valence-electron chi connectivity index (χ4n) is 3.90. The number of aryl methyl sites for hydroxylation is 2. The lowest BCUT2D eigenvalue weighted by Gasteiger charge is -2.30. The van der Waals surface area contributed by atoms with Gasteiger partial charge in [-0.25, -0.2) is 0 Å². The molecule has 2 heterocycles. The van der Waals surface area contributed by atoms with E-state index in [1.165, 1.54) is 4.90 Å². The van der Waals surface area contributed by atoms with E-state index in [1.54, 1.807) is 6.08 Å². The number of morpholine rings is 1. The number of thiocarbonyl (C=S) groups is 1. The average molecular weight is 436 g/mol. The molecule has 2 aliphatic rings. The van der Waals surface area contributed by atoms with E-state index in [4.69, 9.17) is 17.0 Å². The molecule has 2 amide bonds. The van der Waals surface area contributed by atoms with Gasteiger partial charge in [-0.1, -0.05) is 31.2 Å². The molecule has 0 radical (unpaired) electrons. The van der Waals surface area contributed by atoms with Gasteiger partial charge in [-0.15, -0.1) is 0 Å². The Morgan fingerprint density at radius 3 is 2.58 bits per heavy atom. The van der Waals surface area contributed by atoms with E-state index in [1.807, 2.05) is 50.2 Å². The van der Waals surface area contributed by atoms with E-state index in [0.717, 1.165) is 41.9 Å². The van der Waals surface area contributed by atoms with Crippen molar-refractivity contribution in [2.75, 3.05) is 36.1 Å². The van der Waals surface area contributed by atoms with Gasteiger partial charge in [-0.2, -0.15) is 0 Å². The van der Waals surface area contributed by atoms with Gasteiger partial charge in [0.2, 0.25) is 0 Å². The highest BCUT2D eigenvalue weighted by molar-refractivity contribution is 7.80. The maximum absolute atomic E-state index is 13.3. The number of rotatable bonds is 4. The van der Waals surface area contributed by atoms with Crippen LogP contribution < -0.4 is 15.1 Å². The summed E-state index contributed by atoms with van der Waals surface area (Å²) < 4.78 is 5.42. The summed E-state index contributed by atoms with van der Waals surface area (Å²) in [5, 5.41) is 2.77. The summed E-state index contributed by atoms with van der Waals surface area (Å²) in [5.74, 6) is -0.886. The molecule has 0 aliphatic carbocycles. The highest BCUT2D eigenvalue weighted by atomic mass is 32.1. The largest absolute Gasteiger partial charge is 0.378 e. The van der Waals surface area contributed by atoms with Crippen LogP contribution in [0.25, 0.3) is 6.08 Å². The third kappa shape index (κ3) is 4.24. The van der Waals surface area contributed by atoms with Crippen molar-refractivity contribution in [1.29, 1.82) is 0 Å². The SMILES string of the molecule is CCc1ccccc1N1C(=O)C(=Cc2ccc(N3CCOCC3)cc2C)C(=O)NC1=S. The van der Waals surface area contributed by atoms with Crippen molar-refractivity contribution < 1.29 is 14.3 Å². The number of nitrogens with one attached hydrogen (secondary N) is 1. The second-order valence-electron chi connectivity index (χ2n) is 7.58. The summed E-state index contributed by atoms with van der Waals surface area (Å²) in [4.78, 5) is 29.7. The molecule has 2 aromatic rings. The van der Waals surface area contributed by atoms with E-state index in [-0.39, 0.29) is 10.7 Å². The zero-order valence-electron chi connectivity index (χ0n) is 17.7. The van der Waals surface area contributed by atoms with Crippen LogP contribution in [0.4, 0.5) is 11.4 Å². The minimum atomic E-state index is -0.475. The normalized spacial score (nSPS) is 18.5. The summed E-state index contributed by atoms with van der Waals surface area (Å²) in [6.07, 6.45) is 2.40. The zero-order chi connectivity index (χ0) is 22.0. The summed E-state index contributed by atoms with van der Waals surface area (Å²) in [6, 6.07) is 13.6. The Balaban J connectivity index is 1.67. The number of nitrogens with zero attached hydrogens (tertiary/aromatic N) is 2. The number of amides is 2. The first-order chi connectivity index (χ1) is 15.0. The molecule has 7 heteroatoms. The second kappa shape index (κ2) is 8.99.